The molecule has 2 atom stereocenters. The highest BCUT2D eigenvalue weighted by Crippen LogP contribution is 2.56. The maximum absolute atomic E-state index is 13.6. The summed E-state index contributed by atoms with van der Waals surface area (Å²) in [5, 5.41) is 0. The van der Waals surface area contributed by atoms with E-state index in [9.17, 15) is 4.79 Å². The molecule has 2 saturated heterocycles. The van der Waals surface area contributed by atoms with Crippen LogP contribution in [0.25, 0.3) is 22.7 Å². The van der Waals surface area contributed by atoms with Gasteiger partial charge in [0.25, 0.3) is 0 Å². The molecule has 0 saturated carbocycles. The summed E-state index contributed by atoms with van der Waals surface area (Å²) in [4.78, 5) is 31.4. The average Bonchev–Trinajstić information content (AvgIpc) is 3.24. The van der Waals surface area contributed by atoms with Crippen molar-refractivity contribution >= 4 is 17.1 Å². The first-order valence-corrected chi connectivity index (χ1v) is 12.6. The van der Waals surface area contributed by atoms with E-state index >= 15 is 0 Å². The molecule has 2 aliphatic heterocycles. The van der Waals surface area contributed by atoms with Gasteiger partial charge < -0.3 is 14.2 Å². The molecule has 1 aliphatic carbocycles. The van der Waals surface area contributed by atoms with Crippen LogP contribution >= 0.6 is 0 Å². The third-order valence-electron chi connectivity index (χ3n) is 8.98. The van der Waals surface area contributed by atoms with Gasteiger partial charge in [-0.05, 0) is 67.7 Å². The van der Waals surface area contributed by atoms with Crippen molar-refractivity contribution in [1.82, 2.24) is 24.8 Å². The van der Waals surface area contributed by atoms with Gasteiger partial charge in [-0.2, -0.15) is 0 Å². The molecule has 7 nitrogen and oxygen atoms in total. The van der Waals surface area contributed by atoms with Gasteiger partial charge in [-0.1, -0.05) is 20.8 Å². The molecule has 0 unspecified atom stereocenters. The zero-order chi connectivity index (χ0) is 23.7. The first-order chi connectivity index (χ1) is 16.3. The maximum Gasteiger partial charge on any atom is 0.320 e. The van der Waals surface area contributed by atoms with Crippen LogP contribution in [0.1, 0.15) is 63.3 Å². The molecule has 34 heavy (non-hydrogen) atoms. The predicted octanol–water partition coefficient (Wildman–Crippen LogP) is 5.11. The van der Waals surface area contributed by atoms with Gasteiger partial charge >= 0.3 is 6.03 Å². The lowest BCUT2D eigenvalue weighted by Crippen LogP contribution is -2.66. The predicted molar refractivity (Wildman–Crippen MR) is 131 cm³/mol. The lowest BCUT2D eigenvalue weighted by atomic mass is 9.51. The monoisotopic (exact) mass is 459 g/mol. The van der Waals surface area contributed by atoms with E-state index < -0.39 is 0 Å². The van der Waals surface area contributed by atoms with E-state index in [4.69, 9.17) is 9.40 Å². The fraction of sp³-hybridized carbons (Fsp3) is 0.556. The van der Waals surface area contributed by atoms with Gasteiger partial charge in [0.15, 0.2) is 5.58 Å². The molecule has 2 aromatic heterocycles. The van der Waals surface area contributed by atoms with E-state index in [0.29, 0.717) is 11.6 Å². The number of benzene rings is 1. The van der Waals surface area contributed by atoms with Crippen LogP contribution in [0.2, 0.25) is 0 Å². The van der Waals surface area contributed by atoms with Crippen LogP contribution in [0.3, 0.4) is 0 Å². The van der Waals surface area contributed by atoms with Crippen LogP contribution in [0.15, 0.2) is 28.9 Å². The third-order valence-corrected chi connectivity index (χ3v) is 8.98. The normalized spacial score (nSPS) is 25.9. The molecule has 4 heterocycles. The molecular formula is C27H33N5O2. The van der Waals surface area contributed by atoms with E-state index in [2.05, 4.69) is 52.7 Å². The summed E-state index contributed by atoms with van der Waals surface area (Å²) in [7, 11) is 0. The molecular weight excluding hydrogens is 426 g/mol. The number of fused-ring (bicyclic) bond motifs is 5. The second-order valence-corrected chi connectivity index (χ2v) is 11.1. The molecule has 7 heteroatoms. The van der Waals surface area contributed by atoms with Crippen molar-refractivity contribution in [3.63, 3.8) is 0 Å². The highest BCUT2D eigenvalue weighted by atomic mass is 16.3. The minimum Gasteiger partial charge on any atom is -0.435 e. The summed E-state index contributed by atoms with van der Waals surface area (Å²) >= 11 is 0. The van der Waals surface area contributed by atoms with Crippen molar-refractivity contribution in [3.05, 3.63) is 41.3 Å². The number of hydrogen-bond acceptors (Lipinski definition) is 5. The largest absolute Gasteiger partial charge is 0.435 e. The zero-order valence-electron chi connectivity index (χ0n) is 20.6. The molecule has 0 spiro atoms. The quantitative estimate of drug-likeness (QED) is 0.505. The van der Waals surface area contributed by atoms with Gasteiger partial charge in [0, 0.05) is 37.3 Å². The van der Waals surface area contributed by atoms with Crippen molar-refractivity contribution in [2.45, 2.75) is 71.3 Å². The number of oxazole rings is 1. The fourth-order valence-corrected chi connectivity index (χ4v) is 6.44. The third kappa shape index (κ3) is 3.08. The van der Waals surface area contributed by atoms with Gasteiger partial charge in [-0.25, -0.2) is 14.8 Å². The molecule has 1 aromatic carbocycles. The molecule has 3 aromatic rings. The van der Waals surface area contributed by atoms with E-state index in [1.165, 1.54) is 17.5 Å². The van der Waals surface area contributed by atoms with Gasteiger partial charge in [0.1, 0.15) is 11.2 Å². The molecule has 178 valence electrons. The Hall–Kier alpha value is -2.96. The Morgan fingerprint density at radius 2 is 1.85 bits per heavy atom. The van der Waals surface area contributed by atoms with Crippen LogP contribution in [-0.2, 0) is 11.8 Å². The first-order valence-electron chi connectivity index (χ1n) is 12.6. The van der Waals surface area contributed by atoms with Crippen molar-refractivity contribution in [2.75, 3.05) is 19.6 Å². The lowest BCUT2D eigenvalue weighted by molar-refractivity contribution is -0.0241. The summed E-state index contributed by atoms with van der Waals surface area (Å²) in [6, 6.07) is 4.76. The topological polar surface area (TPSA) is 75.4 Å². The van der Waals surface area contributed by atoms with Gasteiger partial charge in [0.2, 0.25) is 5.89 Å². The number of carbonyl (C=O) groups excluding carboxylic acids is 1. The van der Waals surface area contributed by atoms with Crippen LogP contribution in [0, 0.1) is 12.3 Å². The number of amides is 2. The fourth-order valence-electron chi connectivity index (χ4n) is 6.44. The molecule has 2 amide bonds. The van der Waals surface area contributed by atoms with Crippen LogP contribution in [-0.4, -0.2) is 56.5 Å². The van der Waals surface area contributed by atoms with E-state index in [0.717, 1.165) is 62.1 Å². The standard InChI is InChI=1S/C27H33N5O2/c1-17-15-29-21(16-28-17)24-30-20-14-19-18(12-22(20)34-24)13-23-26(2,3)27(19,4)8-11-32(23)25(33)31-9-6-5-7-10-31/h12,14-16,23H,5-11,13H2,1-4H3/t23-,27+/m1/s1. The molecule has 2 fully saturated rings. The van der Waals surface area contributed by atoms with Gasteiger partial charge in [0.05, 0.1) is 11.9 Å². The highest BCUT2D eigenvalue weighted by molar-refractivity contribution is 5.79. The van der Waals surface area contributed by atoms with Crippen molar-refractivity contribution in [2.24, 2.45) is 5.41 Å². The van der Waals surface area contributed by atoms with Crippen LogP contribution in [0.5, 0.6) is 0 Å². The second kappa shape index (κ2) is 7.52. The number of likely N-dealkylation sites (tertiary alicyclic amines) is 2. The number of nitrogens with zero attached hydrogens (tertiary/aromatic N) is 5. The Morgan fingerprint density at radius 1 is 1.06 bits per heavy atom. The number of piperidine rings is 2. The van der Waals surface area contributed by atoms with Crippen LogP contribution < -0.4 is 0 Å². The number of urea groups is 1. The van der Waals surface area contributed by atoms with E-state index in [-0.39, 0.29) is 22.9 Å². The summed E-state index contributed by atoms with van der Waals surface area (Å²) in [5.74, 6) is 0.499. The summed E-state index contributed by atoms with van der Waals surface area (Å²) in [6.07, 6.45) is 8.69. The molecule has 6 rings (SSSR count). The average molecular weight is 460 g/mol. The zero-order valence-corrected chi connectivity index (χ0v) is 20.6. The smallest absolute Gasteiger partial charge is 0.320 e. The number of aryl methyl sites for hydroxylation is 1. The molecule has 2 bridgehead atoms. The van der Waals surface area contributed by atoms with Crippen LogP contribution in [0.4, 0.5) is 4.79 Å². The Balaban J connectivity index is 1.40. The van der Waals surface area contributed by atoms with Gasteiger partial charge in [-0.15, -0.1) is 0 Å². The summed E-state index contributed by atoms with van der Waals surface area (Å²) in [6.45, 7) is 11.6. The van der Waals surface area contributed by atoms with E-state index in [1.807, 2.05) is 6.92 Å². The minimum absolute atomic E-state index is 0.0408. The number of hydrogen-bond donors (Lipinski definition) is 0. The number of aromatic nitrogens is 3. The lowest BCUT2D eigenvalue weighted by Gasteiger charge is -2.61. The Labute approximate surface area is 200 Å². The molecule has 0 N–H and O–H groups in total. The van der Waals surface area contributed by atoms with Gasteiger partial charge in [-0.3, -0.25) is 4.98 Å². The summed E-state index contributed by atoms with van der Waals surface area (Å²) < 4.78 is 6.13. The molecule has 0 radical (unpaired) electrons. The van der Waals surface area contributed by atoms with Crippen molar-refractivity contribution in [3.8, 4) is 11.6 Å². The Morgan fingerprint density at radius 3 is 2.59 bits per heavy atom. The second-order valence-electron chi connectivity index (χ2n) is 11.1. The maximum atomic E-state index is 13.6. The van der Waals surface area contributed by atoms with Crippen molar-refractivity contribution < 1.29 is 9.21 Å². The highest BCUT2D eigenvalue weighted by Gasteiger charge is 2.57. The first kappa shape index (κ1) is 21.6. The Kier molecular flexibility index (Phi) is 4.77. The SMILES string of the molecule is Cc1cnc(-c2nc3cc4c(cc3o2)C[C@H]2N(C(=O)N3CCCCC3)CC[C@]4(C)C2(C)C)cn1. The summed E-state index contributed by atoms with van der Waals surface area (Å²) in [5.41, 5.74) is 5.66. The minimum atomic E-state index is -0.0492. The molecule has 3 aliphatic rings. The van der Waals surface area contributed by atoms with E-state index in [1.54, 1.807) is 12.4 Å². The number of rotatable bonds is 1. The number of carbonyl (C=O) groups is 1. The van der Waals surface area contributed by atoms with Crippen molar-refractivity contribution in [1.29, 1.82) is 0 Å². The Bertz CT molecular complexity index is 1260.